The van der Waals surface area contributed by atoms with Crippen LogP contribution in [0.3, 0.4) is 0 Å². The molecule has 0 bridgehead atoms. The van der Waals surface area contributed by atoms with Crippen molar-refractivity contribution in [3.63, 3.8) is 0 Å². The zero-order valence-corrected chi connectivity index (χ0v) is 12.1. The number of anilines is 1. The van der Waals surface area contributed by atoms with E-state index in [1.807, 2.05) is 24.3 Å². The molecule has 0 atom stereocenters. The molecule has 0 unspecified atom stereocenters. The summed E-state index contributed by atoms with van der Waals surface area (Å²) in [6, 6.07) is 7.52. The van der Waals surface area contributed by atoms with Crippen LogP contribution >= 0.6 is 0 Å². The van der Waals surface area contributed by atoms with Crippen molar-refractivity contribution >= 4 is 17.7 Å². The predicted octanol–water partition coefficient (Wildman–Crippen LogP) is 2.97. The Morgan fingerprint density at radius 3 is 2.65 bits per heavy atom. The van der Waals surface area contributed by atoms with Crippen LogP contribution in [0.5, 0.6) is 0 Å². The molecule has 0 radical (unpaired) electrons. The number of rotatable bonds is 7. The van der Waals surface area contributed by atoms with Crippen LogP contribution < -0.4 is 5.32 Å². The minimum absolute atomic E-state index is 0.0735. The minimum Gasteiger partial charge on any atom is -0.481 e. The first-order valence-electron chi connectivity index (χ1n) is 6.86. The average molecular weight is 278 g/mol. The first-order chi connectivity index (χ1) is 9.54. The fourth-order valence-corrected chi connectivity index (χ4v) is 1.91. The predicted molar refractivity (Wildman–Crippen MR) is 79.0 cm³/mol. The molecule has 0 spiro atoms. The third-order valence-electron chi connectivity index (χ3n) is 3.01. The van der Waals surface area contributed by atoms with E-state index < -0.39 is 5.97 Å². The molecule has 0 heterocycles. The number of nitrogens with one attached hydrogen (secondary N) is 1. The number of carbonyl (C=O) groups excluding carboxylic acids is 1. The highest BCUT2D eigenvalue weighted by molar-refractivity contribution is 5.90. The lowest BCUT2D eigenvalue weighted by Gasteiger charge is -2.19. The fraction of sp³-hybridized carbons (Fsp3) is 0.467. The van der Waals surface area contributed by atoms with Crippen LogP contribution in [0.2, 0.25) is 0 Å². The number of nitrogens with zero attached hydrogens (tertiary/aromatic N) is 1. The Morgan fingerprint density at radius 2 is 2.00 bits per heavy atom. The Hall–Kier alpha value is -2.04. The van der Waals surface area contributed by atoms with Crippen molar-refractivity contribution in [2.24, 2.45) is 0 Å². The number of benzene rings is 1. The van der Waals surface area contributed by atoms with Crippen molar-refractivity contribution in [2.45, 2.75) is 32.6 Å². The van der Waals surface area contributed by atoms with Gasteiger partial charge in [-0.3, -0.25) is 4.79 Å². The highest BCUT2D eigenvalue weighted by Gasteiger charge is 2.11. The molecule has 2 amide bonds. The molecule has 1 aromatic carbocycles. The lowest BCUT2D eigenvalue weighted by molar-refractivity contribution is -0.137. The molecule has 0 aliphatic rings. The van der Waals surface area contributed by atoms with Crippen LogP contribution in [0.15, 0.2) is 24.3 Å². The van der Waals surface area contributed by atoms with E-state index in [1.165, 1.54) is 4.90 Å². The number of hydrogen-bond acceptors (Lipinski definition) is 2. The molecule has 1 aromatic rings. The first-order valence-corrected chi connectivity index (χ1v) is 6.86. The Labute approximate surface area is 119 Å². The zero-order chi connectivity index (χ0) is 15.0. The van der Waals surface area contributed by atoms with Gasteiger partial charge in [-0.05, 0) is 24.5 Å². The number of carboxylic acid groups (broad SMARTS) is 1. The highest BCUT2D eigenvalue weighted by Crippen LogP contribution is 2.17. The number of aryl methyl sites for hydroxylation is 1. The molecule has 1 rings (SSSR count). The average Bonchev–Trinajstić information content (AvgIpc) is 2.40. The van der Waals surface area contributed by atoms with E-state index >= 15 is 0 Å². The summed E-state index contributed by atoms with van der Waals surface area (Å²) in [5.41, 5.74) is 1.94. The Kier molecular flexibility index (Phi) is 6.56. The van der Waals surface area contributed by atoms with Crippen molar-refractivity contribution < 1.29 is 14.7 Å². The standard InChI is InChI=1S/C15H22N2O3/c1-3-7-12-8-4-5-9-13(12)16-15(20)17(2)11-6-10-14(18)19/h4-5,8-9H,3,6-7,10-11H2,1-2H3,(H,16,20)(H,18,19). The van der Waals surface area contributed by atoms with E-state index in [4.69, 9.17) is 5.11 Å². The Morgan fingerprint density at radius 1 is 1.30 bits per heavy atom. The number of carboxylic acids is 1. The van der Waals surface area contributed by atoms with E-state index in [-0.39, 0.29) is 12.5 Å². The molecular weight excluding hydrogens is 256 g/mol. The smallest absolute Gasteiger partial charge is 0.321 e. The summed E-state index contributed by atoms with van der Waals surface area (Å²) in [7, 11) is 1.67. The molecule has 5 heteroatoms. The fourth-order valence-electron chi connectivity index (χ4n) is 1.91. The van der Waals surface area contributed by atoms with Gasteiger partial charge in [-0.25, -0.2) is 4.79 Å². The van der Waals surface area contributed by atoms with E-state index in [1.54, 1.807) is 7.05 Å². The second-order valence-electron chi connectivity index (χ2n) is 4.76. The molecule has 20 heavy (non-hydrogen) atoms. The summed E-state index contributed by atoms with van der Waals surface area (Å²) >= 11 is 0. The van der Waals surface area contributed by atoms with Crippen molar-refractivity contribution in [1.29, 1.82) is 0 Å². The molecular formula is C15H22N2O3. The molecule has 0 fully saturated rings. The van der Waals surface area contributed by atoms with Gasteiger partial charge in [0.05, 0.1) is 0 Å². The summed E-state index contributed by atoms with van der Waals surface area (Å²) in [5, 5.41) is 11.4. The van der Waals surface area contributed by atoms with Crippen LogP contribution in [0.1, 0.15) is 31.7 Å². The van der Waals surface area contributed by atoms with Gasteiger partial charge >= 0.3 is 12.0 Å². The van der Waals surface area contributed by atoms with Gasteiger partial charge in [-0.2, -0.15) is 0 Å². The van der Waals surface area contributed by atoms with Crippen molar-refractivity contribution in [1.82, 2.24) is 4.90 Å². The largest absolute Gasteiger partial charge is 0.481 e. The SMILES string of the molecule is CCCc1ccccc1NC(=O)N(C)CCCC(=O)O. The molecule has 0 saturated heterocycles. The normalized spacial score (nSPS) is 10.1. The van der Waals surface area contributed by atoms with Crippen molar-refractivity contribution in [3.05, 3.63) is 29.8 Å². The third kappa shape index (κ3) is 5.30. The van der Waals surface area contributed by atoms with Gasteiger partial charge in [-0.15, -0.1) is 0 Å². The number of carbonyl (C=O) groups is 2. The second-order valence-corrected chi connectivity index (χ2v) is 4.76. The van der Waals surface area contributed by atoms with Crippen LogP contribution in [0.4, 0.5) is 10.5 Å². The lowest BCUT2D eigenvalue weighted by atomic mass is 10.1. The molecule has 5 nitrogen and oxygen atoms in total. The minimum atomic E-state index is -0.841. The Balaban J connectivity index is 2.54. The topological polar surface area (TPSA) is 69.6 Å². The van der Waals surface area contributed by atoms with Gasteiger partial charge in [0, 0.05) is 25.7 Å². The molecule has 0 aromatic heterocycles. The number of urea groups is 1. The van der Waals surface area contributed by atoms with Gasteiger partial charge in [0.1, 0.15) is 0 Å². The number of para-hydroxylation sites is 1. The molecule has 0 aliphatic heterocycles. The summed E-state index contributed by atoms with van der Waals surface area (Å²) in [6.07, 6.45) is 2.46. The molecule has 110 valence electrons. The summed E-state index contributed by atoms with van der Waals surface area (Å²) in [6.45, 7) is 2.52. The van der Waals surface area contributed by atoms with Gasteiger partial charge in [-0.1, -0.05) is 31.5 Å². The van der Waals surface area contributed by atoms with Crippen LogP contribution in [0.25, 0.3) is 0 Å². The lowest BCUT2D eigenvalue weighted by Crippen LogP contribution is -2.32. The number of amides is 2. The molecule has 0 saturated carbocycles. The van der Waals surface area contributed by atoms with E-state index in [9.17, 15) is 9.59 Å². The van der Waals surface area contributed by atoms with E-state index in [0.717, 1.165) is 24.1 Å². The molecule has 0 aliphatic carbocycles. The van der Waals surface area contributed by atoms with Gasteiger partial charge in [0.15, 0.2) is 0 Å². The third-order valence-corrected chi connectivity index (χ3v) is 3.01. The van der Waals surface area contributed by atoms with Crippen molar-refractivity contribution in [2.75, 3.05) is 18.9 Å². The summed E-state index contributed by atoms with van der Waals surface area (Å²) in [5.74, 6) is -0.841. The first kappa shape index (κ1) is 16.0. The Bertz CT molecular complexity index is 460. The second kappa shape index (κ2) is 8.19. The van der Waals surface area contributed by atoms with E-state index in [2.05, 4.69) is 12.2 Å². The van der Waals surface area contributed by atoms with Crippen molar-refractivity contribution in [3.8, 4) is 0 Å². The highest BCUT2D eigenvalue weighted by atomic mass is 16.4. The maximum atomic E-state index is 12.0. The van der Waals surface area contributed by atoms with Gasteiger partial charge < -0.3 is 15.3 Å². The number of aliphatic carboxylic acids is 1. The van der Waals surface area contributed by atoms with Crippen LogP contribution in [-0.4, -0.2) is 35.6 Å². The maximum absolute atomic E-state index is 12.0. The summed E-state index contributed by atoms with van der Waals surface area (Å²) in [4.78, 5) is 24.0. The monoisotopic (exact) mass is 278 g/mol. The summed E-state index contributed by atoms with van der Waals surface area (Å²) < 4.78 is 0. The van der Waals surface area contributed by atoms with Crippen LogP contribution in [-0.2, 0) is 11.2 Å². The quantitative estimate of drug-likeness (QED) is 0.805. The van der Waals surface area contributed by atoms with Crippen LogP contribution in [0, 0.1) is 0 Å². The van der Waals surface area contributed by atoms with E-state index in [0.29, 0.717) is 13.0 Å². The maximum Gasteiger partial charge on any atom is 0.321 e. The van der Waals surface area contributed by atoms with Gasteiger partial charge in [0.2, 0.25) is 0 Å². The van der Waals surface area contributed by atoms with Gasteiger partial charge in [0.25, 0.3) is 0 Å². The zero-order valence-electron chi connectivity index (χ0n) is 12.1. The number of hydrogen-bond donors (Lipinski definition) is 2. The molecule has 2 N–H and O–H groups in total.